The Balaban J connectivity index is 1.64. The fourth-order valence-corrected chi connectivity index (χ4v) is 5.52. The number of ether oxygens (including phenoxy) is 1. The van der Waals surface area contributed by atoms with Crippen molar-refractivity contribution in [3.8, 4) is 0 Å². The molecule has 2 aromatic carbocycles. The van der Waals surface area contributed by atoms with E-state index in [1.54, 1.807) is 37.3 Å². The molecule has 6 nitrogen and oxygen atoms in total. The minimum absolute atomic E-state index is 0.186. The van der Waals surface area contributed by atoms with Crippen LogP contribution in [-0.4, -0.2) is 50.2 Å². The molecule has 0 radical (unpaired) electrons. The van der Waals surface area contributed by atoms with Gasteiger partial charge in [0, 0.05) is 28.7 Å². The number of nitrogens with zero attached hydrogens (tertiary/aromatic N) is 1. The van der Waals surface area contributed by atoms with E-state index in [0.717, 1.165) is 0 Å². The van der Waals surface area contributed by atoms with Gasteiger partial charge in [-0.2, -0.15) is 4.31 Å². The van der Waals surface area contributed by atoms with E-state index in [4.69, 9.17) is 27.9 Å². The van der Waals surface area contributed by atoms with Crippen LogP contribution >= 0.6 is 35.0 Å². The average Bonchev–Trinajstić information content (AvgIpc) is 2.71. The predicted molar refractivity (Wildman–Crippen MR) is 116 cm³/mol. The van der Waals surface area contributed by atoms with E-state index in [9.17, 15) is 13.2 Å². The Kier molecular flexibility index (Phi) is 7.47. The fraction of sp³-hybridized carbons (Fsp3) is 0.316. The van der Waals surface area contributed by atoms with E-state index in [1.807, 2.05) is 0 Å². The Hall–Kier alpha value is -1.29. The average molecular weight is 475 g/mol. The lowest BCUT2D eigenvalue weighted by atomic mass is 10.3. The third kappa shape index (κ3) is 5.65. The fourth-order valence-electron chi connectivity index (χ4n) is 2.70. The van der Waals surface area contributed by atoms with Crippen LogP contribution in [0, 0.1) is 0 Å². The van der Waals surface area contributed by atoms with Gasteiger partial charge in [-0.1, -0.05) is 23.2 Å². The summed E-state index contributed by atoms with van der Waals surface area (Å²) in [6.45, 7) is 3.21. The Morgan fingerprint density at radius 2 is 1.79 bits per heavy atom. The van der Waals surface area contributed by atoms with E-state index in [-0.39, 0.29) is 10.8 Å². The van der Waals surface area contributed by atoms with Gasteiger partial charge in [0.05, 0.1) is 28.4 Å². The summed E-state index contributed by atoms with van der Waals surface area (Å²) in [6, 6.07) is 11.2. The molecule has 29 heavy (non-hydrogen) atoms. The molecule has 1 aliphatic rings. The maximum Gasteiger partial charge on any atom is 0.243 e. The number of amides is 1. The molecule has 0 saturated carbocycles. The second-order valence-corrected chi connectivity index (χ2v) is 10.5. The molecular weight excluding hydrogens is 455 g/mol. The first-order valence-corrected chi connectivity index (χ1v) is 12.0. The lowest BCUT2D eigenvalue weighted by Crippen LogP contribution is -2.40. The van der Waals surface area contributed by atoms with Gasteiger partial charge in [-0.3, -0.25) is 4.79 Å². The van der Waals surface area contributed by atoms with Gasteiger partial charge in [0.1, 0.15) is 0 Å². The summed E-state index contributed by atoms with van der Waals surface area (Å²) in [5, 5.41) is 3.43. The van der Waals surface area contributed by atoms with Crippen LogP contribution in [0.5, 0.6) is 0 Å². The van der Waals surface area contributed by atoms with Gasteiger partial charge in [-0.05, 0) is 49.4 Å². The SMILES string of the molecule is CC(Sc1cc(Cl)ccc1Cl)C(=O)Nc1ccc(S(=O)(=O)N2CCOCC2)cc1. The number of rotatable bonds is 6. The Bertz CT molecular complexity index is 978. The monoisotopic (exact) mass is 474 g/mol. The zero-order chi connectivity index (χ0) is 21.0. The van der Waals surface area contributed by atoms with E-state index in [2.05, 4.69) is 5.32 Å². The largest absolute Gasteiger partial charge is 0.379 e. The number of thioether (sulfide) groups is 1. The van der Waals surface area contributed by atoms with Crippen molar-refractivity contribution in [2.75, 3.05) is 31.6 Å². The molecule has 1 amide bonds. The minimum Gasteiger partial charge on any atom is -0.379 e. The molecule has 0 spiro atoms. The van der Waals surface area contributed by atoms with Crippen LogP contribution in [0.3, 0.4) is 0 Å². The molecule has 156 valence electrons. The van der Waals surface area contributed by atoms with Crippen molar-refractivity contribution in [2.45, 2.75) is 22.0 Å². The number of carbonyl (C=O) groups excluding carboxylic acids is 1. The first kappa shape index (κ1) is 22.4. The molecule has 1 heterocycles. The van der Waals surface area contributed by atoms with Crippen LogP contribution in [0.2, 0.25) is 10.0 Å². The number of hydrogen-bond acceptors (Lipinski definition) is 5. The van der Waals surface area contributed by atoms with Gasteiger partial charge in [-0.25, -0.2) is 8.42 Å². The van der Waals surface area contributed by atoms with E-state index < -0.39 is 15.3 Å². The molecule has 1 atom stereocenters. The summed E-state index contributed by atoms with van der Waals surface area (Å²) < 4.78 is 31.9. The van der Waals surface area contributed by atoms with Crippen molar-refractivity contribution < 1.29 is 17.9 Å². The maximum atomic E-state index is 12.6. The third-order valence-corrected chi connectivity index (χ3v) is 8.04. The highest BCUT2D eigenvalue weighted by atomic mass is 35.5. The number of anilines is 1. The summed E-state index contributed by atoms with van der Waals surface area (Å²) in [5.74, 6) is -0.227. The van der Waals surface area contributed by atoms with Gasteiger partial charge in [0.25, 0.3) is 0 Å². The molecule has 0 bridgehead atoms. The van der Waals surface area contributed by atoms with Crippen LogP contribution in [0.1, 0.15) is 6.92 Å². The summed E-state index contributed by atoms with van der Waals surface area (Å²) in [4.78, 5) is 13.4. The van der Waals surface area contributed by atoms with Crippen LogP contribution in [0.25, 0.3) is 0 Å². The number of sulfonamides is 1. The highest BCUT2D eigenvalue weighted by Crippen LogP contribution is 2.33. The molecule has 1 fully saturated rings. The molecular formula is C19H20Cl2N2O4S2. The zero-order valence-electron chi connectivity index (χ0n) is 15.6. The van der Waals surface area contributed by atoms with Crippen molar-refractivity contribution >= 4 is 56.6 Å². The molecule has 0 aliphatic carbocycles. The summed E-state index contributed by atoms with van der Waals surface area (Å²) in [5.41, 5.74) is 0.514. The van der Waals surface area contributed by atoms with Crippen LogP contribution in [0.4, 0.5) is 5.69 Å². The van der Waals surface area contributed by atoms with Crippen molar-refractivity contribution in [3.05, 3.63) is 52.5 Å². The van der Waals surface area contributed by atoms with Crippen LogP contribution in [0.15, 0.2) is 52.3 Å². The Labute approximate surface area is 184 Å². The Morgan fingerprint density at radius 3 is 2.45 bits per heavy atom. The van der Waals surface area contributed by atoms with E-state index in [0.29, 0.717) is 46.9 Å². The quantitative estimate of drug-likeness (QED) is 0.636. The molecule has 0 aromatic heterocycles. The van der Waals surface area contributed by atoms with Crippen LogP contribution in [-0.2, 0) is 19.6 Å². The molecule has 3 rings (SSSR count). The van der Waals surface area contributed by atoms with Crippen molar-refractivity contribution in [1.82, 2.24) is 4.31 Å². The standard InChI is InChI=1S/C19H20Cl2N2O4S2/c1-13(28-18-12-14(20)2-7-17(18)21)19(24)22-15-3-5-16(6-4-15)29(25,26)23-8-10-27-11-9-23/h2-7,12-13H,8-11H2,1H3,(H,22,24). The van der Waals surface area contributed by atoms with Gasteiger partial charge in [0.2, 0.25) is 15.9 Å². The number of carbonyl (C=O) groups is 1. The molecule has 10 heteroatoms. The smallest absolute Gasteiger partial charge is 0.243 e. The lowest BCUT2D eigenvalue weighted by Gasteiger charge is -2.26. The van der Waals surface area contributed by atoms with Gasteiger partial charge in [-0.15, -0.1) is 11.8 Å². The first-order chi connectivity index (χ1) is 13.8. The molecule has 1 saturated heterocycles. The first-order valence-electron chi connectivity index (χ1n) is 8.88. The summed E-state index contributed by atoms with van der Waals surface area (Å²) in [6.07, 6.45) is 0. The number of hydrogen-bond donors (Lipinski definition) is 1. The highest BCUT2D eigenvalue weighted by molar-refractivity contribution is 8.00. The normalized spacial score (nSPS) is 16.4. The van der Waals surface area contributed by atoms with Gasteiger partial charge in [0.15, 0.2) is 0 Å². The molecule has 1 N–H and O–H groups in total. The highest BCUT2D eigenvalue weighted by Gasteiger charge is 2.26. The van der Waals surface area contributed by atoms with E-state index >= 15 is 0 Å². The van der Waals surface area contributed by atoms with Crippen molar-refractivity contribution in [3.63, 3.8) is 0 Å². The maximum absolute atomic E-state index is 12.6. The number of morpholine rings is 1. The second-order valence-electron chi connectivity index (χ2n) is 6.36. The number of halogens is 2. The molecule has 1 aliphatic heterocycles. The van der Waals surface area contributed by atoms with Crippen molar-refractivity contribution in [2.24, 2.45) is 0 Å². The second kappa shape index (κ2) is 9.68. The predicted octanol–water partition coefficient (Wildman–Crippen LogP) is 4.13. The molecule has 2 aromatic rings. The number of benzene rings is 2. The van der Waals surface area contributed by atoms with Crippen molar-refractivity contribution in [1.29, 1.82) is 0 Å². The summed E-state index contributed by atoms with van der Waals surface area (Å²) in [7, 11) is -3.56. The Morgan fingerprint density at radius 1 is 1.14 bits per heavy atom. The van der Waals surface area contributed by atoms with Crippen LogP contribution < -0.4 is 5.32 Å². The third-order valence-electron chi connectivity index (χ3n) is 4.30. The van der Waals surface area contributed by atoms with Gasteiger partial charge < -0.3 is 10.1 Å². The number of nitrogens with one attached hydrogen (secondary N) is 1. The zero-order valence-corrected chi connectivity index (χ0v) is 18.7. The summed E-state index contributed by atoms with van der Waals surface area (Å²) >= 11 is 13.4. The topological polar surface area (TPSA) is 75.7 Å². The van der Waals surface area contributed by atoms with Gasteiger partial charge >= 0.3 is 0 Å². The minimum atomic E-state index is -3.56. The molecule has 1 unspecified atom stereocenters. The lowest BCUT2D eigenvalue weighted by molar-refractivity contribution is -0.115. The van der Waals surface area contributed by atoms with E-state index in [1.165, 1.54) is 28.2 Å².